The molecule has 5 heteroatoms. The molecule has 0 spiro atoms. The maximum absolute atomic E-state index is 11.3. The van der Waals surface area contributed by atoms with Gasteiger partial charge in [0.15, 0.2) is 0 Å². The molecule has 0 bridgehead atoms. The van der Waals surface area contributed by atoms with Crippen LogP contribution in [0.25, 0.3) is 0 Å². The third kappa shape index (κ3) is 4.98. The Kier molecular flexibility index (Phi) is 6.49. The first kappa shape index (κ1) is 15.6. The molecule has 1 aromatic carbocycles. The highest BCUT2D eigenvalue weighted by Crippen LogP contribution is 2.10. The summed E-state index contributed by atoms with van der Waals surface area (Å²) in [7, 11) is 0. The Labute approximate surface area is 114 Å². The predicted molar refractivity (Wildman–Crippen MR) is 75.3 cm³/mol. The van der Waals surface area contributed by atoms with Crippen molar-refractivity contribution in [3.05, 3.63) is 35.4 Å². The molecule has 0 fully saturated rings. The standard InChI is InChI=1S/C14H23N3O2/c1-11(2)17(8-3-9-18)10-12-4-6-13(7-5-12)14(19)16-15/h4-7,11,18H,3,8-10,15H2,1-2H3,(H,16,19). The van der Waals surface area contributed by atoms with Crippen molar-refractivity contribution >= 4 is 5.91 Å². The van der Waals surface area contributed by atoms with E-state index in [4.69, 9.17) is 10.9 Å². The third-order valence-corrected chi connectivity index (χ3v) is 3.07. The number of amides is 1. The van der Waals surface area contributed by atoms with Gasteiger partial charge in [-0.25, -0.2) is 5.84 Å². The number of nitrogens with zero attached hydrogens (tertiary/aromatic N) is 1. The number of nitrogens with two attached hydrogens (primary N) is 1. The van der Waals surface area contributed by atoms with Gasteiger partial charge in [0.05, 0.1) is 0 Å². The van der Waals surface area contributed by atoms with Crippen LogP contribution in [0.5, 0.6) is 0 Å². The Morgan fingerprint density at radius 2 is 2.00 bits per heavy atom. The van der Waals surface area contributed by atoms with Crippen molar-refractivity contribution in [1.82, 2.24) is 10.3 Å². The van der Waals surface area contributed by atoms with E-state index in [-0.39, 0.29) is 12.5 Å². The minimum atomic E-state index is -0.285. The lowest BCUT2D eigenvalue weighted by atomic mass is 10.1. The van der Waals surface area contributed by atoms with Gasteiger partial charge in [0.25, 0.3) is 5.91 Å². The van der Waals surface area contributed by atoms with Crippen LogP contribution in [-0.2, 0) is 6.54 Å². The molecule has 0 radical (unpaired) electrons. The molecule has 0 aliphatic rings. The van der Waals surface area contributed by atoms with Gasteiger partial charge >= 0.3 is 0 Å². The van der Waals surface area contributed by atoms with Crippen LogP contribution in [0, 0.1) is 0 Å². The van der Waals surface area contributed by atoms with Crippen LogP contribution >= 0.6 is 0 Å². The van der Waals surface area contributed by atoms with E-state index in [1.807, 2.05) is 12.1 Å². The SMILES string of the molecule is CC(C)N(CCCO)Cc1ccc(C(=O)NN)cc1. The second-order valence-electron chi connectivity index (χ2n) is 4.81. The highest BCUT2D eigenvalue weighted by atomic mass is 16.3. The van der Waals surface area contributed by atoms with Crippen molar-refractivity contribution in [3.63, 3.8) is 0 Å². The maximum Gasteiger partial charge on any atom is 0.265 e. The van der Waals surface area contributed by atoms with Crippen molar-refractivity contribution in [2.24, 2.45) is 5.84 Å². The van der Waals surface area contributed by atoms with Crippen LogP contribution in [0.3, 0.4) is 0 Å². The zero-order chi connectivity index (χ0) is 14.3. The molecular weight excluding hydrogens is 242 g/mol. The van der Waals surface area contributed by atoms with Crippen molar-refractivity contribution in [2.75, 3.05) is 13.2 Å². The number of hydrogen-bond acceptors (Lipinski definition) is 4. The van der Waals surface area contributed by atoms with E-state index in [9.17, 15) is 4.79 Å². The van der Waals surface area contributed by atoms with Gasteiger partial charge < -0.3 is 5.11 Å². The molecule has 106 valence electrons. The van der Waals surface area contributed by atoms with E-state index in [0.29, 0.717) is 11.6 Å². The van der Waals surface area contributed by atoms with Gasteiger partial charge in [0, 0.05) is 31.3 Å². The molecule has 0 aromatic heterocycles. The molecule has 0 aliphatic heterocycles. The van der Waals surface area contributed by atoms with E-state index >= 15 is 0 Å². The Balaban J connectivity index is 2.66. The van der Waals surface area contributed by atoms with Gasteiger partial charge in [-0.1, -0.05) is 12.1 Å². The zero-order valence-corrected chi connectivity index (χ0v) is 11.6. The van der Waals surface area contributed by atoms with Crippen LogP contribution < -0.4 is 11.3 Å². The lowest BCUT2D eigenvalue weighted by Crippen LogP contribution is -2.32. The summed E-state index contributed by atoms with van der Waals surface area (Å²) < 4.78 is 0. The molecular formula is C14H23N3O2. The normalized spacial score (nSPS) is 11.1. The summed E-state index contributed by atoms with van der Waals surface area (Å²) in [6.07, 6.45) is 0.770. The first-order chi connectivity index (χ1) is 9.08. The molecule has 1 aromatic rings. The molecule has 4 N–H and O–H groups in total. The van der Waals surface area contributed by atoms with Crippen LogP contribution in [0.4, 0.5) is 0 Å². The van der Waals surface area contributed by atoms with Crippen LogP contribution in [0.15, 0.2) is 24.3 Å². The summed E-state index contributed by atoms with van der Waals surface area (Å²) in [5, 5.41) is 8.90. The van der Waals surface area contributed by atoms with Crippen LogP contribution in [-0.4, -0.2) is 35.1 Å². The minimum Gasteiger partial charge on any atom is -0.396 e. The number of hydrogen-bond donors (Lipinski definition) is 3. The summed E-state index contributed by atoms with van der Waals surface area (Å²) in [6.45, 7) is 6.14. The van der Waals surface area contributed by atoms with Gasteiger partial charge in [-0.15, -0.1) is 0 Å². The van der Waals surface area contributed by atoms with E-state index in [1.54, 1.807) is 12.1 Å². The van der Waals surface area contributed by atoms with E-state index in [0.717, 1.165) is 25.1 Å². The highest BCUT2D eigenvalue weighted by molar-refractivity contribution is 5.93. The number of aliphatic hydroxyl groups is 1. The van der Waals surface area contributed by atoms with Gasteiger partial charge in [0.2, 0.25) is 0 Å². The predicted octanol–water partition coefficient (Wildman–Crippen LogP) is 0.883. The van der Waals surface area contributed by atoms with Crippen molar-refractivity contribution < 1.29 is 9.90 Å². The Hall–Kier alpha value is -1.43. The number of carbonyl (C=O) groups is 1. The van der Waals surface area contributed by atoms with Gasteiger partial charge in [-0.3, -0.25) is 15.1 Å². The van der Waals surface area contributed by atoms with E-state index in [2.05, 4.69) is 24.2 Å². The fraction of sp³-hybridized carbons (Fsp3) is 0.500. The Morgan fingerprint density at radius 1 is 1.37 bits per heavy atom. The first-order valence-corrected chi connectivity index (χ1v) is 6.53. The number of nitrogen functional groups attached to an aromatic ring is 1. The molecule has 5 nitrogen and oxygen atoms in total. The molecule has 1 amide bonds. The number of nitrogens with one attached hydrogen (secondary N) is 1. The lowest BCUT2D eigenvalue weighted by molar-refractivity contribution is 0.0953. The molecule has 1 rings (SSSR count). The van der Waals surface area contributed by atoms with Crippen LogP contribution in [0.1, 0.15) is 36.2 Å². The number of carbonyl (C=O) groups excluding carboxylic acids is 1. The third-order valence-electron chi connectivity index (χ3n) is 3.07. The summed E-state index contributed by atoms with van der Waals surface area (Å²) in [6, 6.07) is 7.81. The molecule has 0 saturated carbocycles. The Morgan fingerprint density at radius 3 is 2.47 bits per heavy atom. The summed E-state index contributed by atoms with van der Waals surface area (Å²) in [4.78, 5) is 13.6. The van der Waals surface area contributed by atoms with E-state index in [1.165, 1.54) is 0 Å². The van der Waals surface area contributed by atoms with Crippen molar-refractivity contribution in [1.29, 1.82) is 0 Å². The number of hydrazine groups is 1. The summed E-state index contributed by atoms with van der Waals surface area (Å²) in [5.74, 6) is 4.80. The second-order valence-corrected chi connectivity index (χ2v) is 4.81. The summed E-state index contributed by atoms with van der Waals surface area (Å²) in [5.41, 5.74) is 3.80. The lowest BCUT2D eigenvalue weighted by Gasteiger charge is -2.26. The second kappa shape index (κ2) is 7.89. The topological polar surface area (TPSA) is 78.6 Å². The molecule has 0 saturated heterocycles. The zero-order valence-electron chi connectivity index (χ0n) is 11.6. The summed E-state index contributed by atoms with van der Waals surface area (Å²) >= 11 is 0. The quantitative estimate of drug-likeness (QED) is 0.388. The molecule has 0 heterocycles. The van der Waals surface area contributed by atoms with Crippen molar-refractivity contribution in [2.45, 2.75) is 32.9 Å². The number of benzene rings is 1. The fourth-order valence-corrected chi connectivity index (χ4v) is 1.87. The van der Waals surface area contributed by atoms with Gasteiger partial charge in [0.1, 0.15) is 0 Å². The Bertz CT molecular complexity index is 390. The molecule has 19 heavy (non-hydrogen) atoms. The average Bonchev–Trinajstić information content (AvgIpc) is 2.43. The number of aliphatic hydroxyl groups excluding tert-OH is 1. The molecule has 0 aliphatic carbocycles. The molecule has 0 atom stereocenters. The van der Waals surface area contributed by atoms with Gasteiger partial charge in [-0.2, -0.15) is 0 Å². The molecule has 0 unspecified atom stereocenters. The largest absolute Gasteiger partial charge is 0.396 e. The highest BCUT2D eigenvalue weighted by Gasteiger charge is 2.10. The van der Waals surface area contributed by atoms with E-state index < -0.39 is 0 Å². The minimum absolute atomic E-state index is 0.207. The maximum atomic E-state index is 11.3. The van der Waals surface area contributed by atoms with Gasteiger partial charge in [-0.05, 0) is 38.0 Å². The first-order valence-electron chi connectivity index (χ1n) is 6.53. The average molecular weight is 265 g/mol. The van der Waals surface area contributed by atoms with Crippen LogP contribution in [0.2, 0.25) is 0 Å². The monoisotopic (exact) mass is 265 g/mol. The van der Waals surface area contributed by atoms with Crippen molar-refractivity contribution in [3.8, 4) is 0 Å². The smallest absolute Gasteiger partial charge is 0.265 e. The number of rotatable bonds is 7. The fourth-order valence-electron chi connectivity index (χ4n) is 1.87.